The second kappa shape index (κ2) is 2.09. The topological polar surface area (TPSA) is 48.9 Å². The Hall–Kier alpha value is -0.830. The molecule has 0 fully saturated rings. The lowest BCUT2D eigenvalue weighted by Gasteiger charge is -2.14. The van der Waals surface area contributed by atoms with Crippen molar-refractivity contribution in [3.8, 4) is 0 Å². The number of aromatic amines is 1. The molecule has 3 heteroatoms. The first kappa shape index (κ1) is 5.92. The number of nitrogens with zero attached hydrogens (tertiary/aromatic N) is 1. The highest BCUT2D eigenvalue weighted by atomic mass is 16.3. The molecule has 2 rings (SSSR count). The molecule has 0 saturated carbocycles. The first-order valence-electron chi connectivity index (χ1n) is 3.55. The molecular weight excluding hydrogens is 128 g/mol. The smallest absolute Gasteiger partial charge is 0.0925 e. The fourth-order valence-electron chi connectivity index (χ4n) is 1.38. The van der Waals surface area contributed by atoms with Crippen molar-refractivity contribution in [1.29, 1.82) is 0 Å². The normalized spacial score (nSPS) is 24.3. The highest BCUT2D eigenvalue weighted by molar-refractivity contribution is 5.15. The summed E-state index contributed by atoms with van der Waals surface area (Å²) in [6.45, 7) is 0. The Bertz CT molecular complexity index is 231. The Morgan fingerprint density at radius 1 is 1.70 bits per heavy atom. The van der Waals surface area contributed by atoms with E-state index in [1.165, 1.54) is 0 Å². The van der Waals surface area contributed by atoms with E-state index in [9.17, 15) is 5.11 Å². The van der Waals surface area contributed by atoms with Crippen LogP contribution in [0.5, 0.6) is 0 Å². The van der Waals surface area contributed by atoms with E-state index in [0.29, 0.717) is 0 Å². The fraction of sp³-hybridized carbons (Fsp3) is 0.571. The van der Waals surface area contributed by atoms with Crippen LogP contribution in [0, 0.1) is 0 Å². The number of aliphatic hydroxyl groups excluding tert-OH is 1. The van der Waals surface area contributed by atoms with Crippen LogP contribution < -0.4 is 0 Å². The number of fused-ring (bicyclic) bond motifs is 1. The van der Waals surface area contributed by atoms with Crippen LogP contribution in [0.1, 0.15) is 17.8 Å². The highest BCUT2D eigenvalue weighted by Crippen LogP contribution is 2.16. The monoisotopic (exact) mass is 138 g/mol. The van der Waals surface area contributed by atoms with E-state index in [4.69, 9.17) is 0 Å². The van der Waals surface area contributed by atoms with Gasteiger partial charge in [0.1, 0.15) is 0 Å². The number of aromatic nitrogens is 2. The van der Waals surface area contributed by atoms with Crippen molar-refractivity contribution in [3.05, 3.63) is 17.7 Å². The van der Waals surface area contributed by atoms with Crippen LogP contribution in [-0.2, 0) is 12.8 Å². The molecule has 3 nitrogen and oxygen atoms in total. The molecular formula is C7H10N2O. The molecule has 0 radical (unpaired) electrons. The van der Waals surface area contributed by atoms with Gasteiger partial charge in [-0.1, -0.05) is 0 Å². The number of hydrogen-bond acceptors (Lipinski definition) is 2. The first-order chi connectivity index (χ1) is 4.86. The van der Waals surface area contributed by atoms with E-state index >= 15 is 0 Å². The lowest BCUT2D eigenvalue weighted by atomic mass is 9.99. The largest absolute Gasteiger partial charge is 0.393 e. The van der Waals surface area contributed by atoms with Crippen molar-refractivity contribution in [1.82, 2.24) is 9.97 Å². The molecule has 1 heterocycles. The molecule has 0 spiro atoms. The number of aliphatic hydroxyl groups is 1. The van der Waals surface area contributed by atoms with Gasteiger partial charge in [-0.05, 0) is 12.8 Å². The molecule has 0 aromatic carbocycles. The number of rotatable bonds is 0. The van der Waals surface area contributed by atoms with E-state index in [1.54, 1.807) is 6.33 Å². The minimum absolute atomic E-state index is 0.159. The maximum Gasteiger partial charge on any atom is 0.0925 e. The predicted molar refractivity (Wildman–Crippen MR) is 36.6 cm³/mol. The van der Waals surface area contributed by atoms with Crippen LogP contribution in [0.25, 0.3) is 0 Å². The van der Waals surface area contributed by atoms with Gasteiger partial charge in [0.25, 0.3) is 0 Å². The summed E-state index contributed by atoms with van der Waals surface area (Å²) in [5.41, 5.74) is 2.24. The zero-order valence-corrected chi connectivity index (χ0v) is 5.67. The maximum atomic E-state index is 9.23. The minimum atomic E-state index is -0.159. The Morgan fingerprint density at radius 2 is 2.60 bits per heavy atom. The van der Waals surface area contributed by atoms with Crippen LogP contribution >= 0.6 is 0 Å². The number of nitrogens with one attached hydrogen (secondary N) is 1. The molecule has 1 aromatic heterocycles. The Balaban J connectivity index is 2.30. The van der Waals surface area contributed by atoms with E-state index in [2.05, 4.69) is 9.97 Å². The van der Waals surface area contributed by atoms with Gasteiger partial charge in [0.15, 0.2) is 0 Å². The molecule has 2 N–H and O–H groups in total. The van der Waals surface area contributed by atoms with Crippen molar-refractivity contribution >= 4 is 0 Å². The van der Waals surface area contributed by atoms with Gasteiger partial charge >= 0.3 is 0 Å². The average Bonchev–Trinajstić information content (AvgIpc) is 2.33. The number of aryl methyl sites for hydroxylation is 1. The maximum absolute atomic E-state index is 9.23. The number of hydrogen-bond donors (Lipinski definition) is 2. The zero-order valence-electron chi connectivity index (χ0n) is 5.67. The van der Waals surface area contributed by atoms with Crippen molar-refractivity contribution < 1.29 is 5.11 Å². The third kappa shape index (κ3) is 0.827. The van der Waals surface area contributed by atoms with E-state index < -0.39 is 0 Å². The number of H-pyrrole nitrogens is 1. The Morgan fingerprint density at radius 3 is 3.50 bits per heavy atom. The van der Waals surface area contributed by atoms with Crippen molar-refractivity contribution in [2.45, 2.75) is 25.4 Å². The molecule has 1 aliphatic carbocycles. The first-order valence-corrected chi connectivity index (χ1v) is 3.55. The lowest BCUT2D eigenvalue weighted by molar-refractivity contribution is 0.157. The van der Waals surface area contributed by atoms with E-state index in [0.717, 1.165) is 30.7 Å². The summed E-state index contributed by atoms with van der Waals surface area (Å²) in [6.07, 6.45) is 4.06. The molecule has 0 amide bonds. The molecule has 1 aliphatic rings. The molecule has 0 aliphatic heterocycles. The summed E-state index contributed by atoms with van der Waals surface area (Å²) >= 11 is 0. The summed E-state index contributed by atoms with van der Waals surface area (Å²) in [6, 6.07) is 0. The van der Waals surface area contributed by atoms with Gasteiger partial charge in [0.2, 0.25) is 0 Å². The average molecular weight is 138 g/mol. The molecule has 10 heavy (non-hydrogen) atoms. The van der Waals surface area contributed by atoms with Crippen LogP contribution in [-0.4, -0.2) is 21.2 Å². The SMILES string of the molecule is O[C@H]1CCc2nc[nH]c2C1. The van der Waals surface area contributed by atoms with Crippen LogP contribution in [0.15, 0.2) is 6.33 Å². The molecule has 1 atom stereocenters. The van der Waals surface area contributed by atoms with Gasteiger partial charge in [-0.2, -0.15) is 0 Å². The van der Waals surface area contributed by atoms with Gasteiger partial charge in [-0.3, -0.25) is 0 Å². The molecule has 0 unspecified atom stereocenters. The van der Waals surface area contributed by atoms with Gasteiger partial charge in [-0.25, -0.2) is 4.98 Å². The minimum Gasteiger partial charge on any atom is -0.393 e. The second-order valence-electron chi connectivity index (χ2n) is 2.72. The van der Waals surface area contributed by atoms with Crippen molar-refractivity contribution in [2.24, 2.45) is 0 Å². The predicted octanol–water partition coefficient (Wildman–Crippen LogP) is 0.259. The zero-order chi connectivity index (χ0) is 6.97. The van der Waals surface area contributed by atoms with Crippen LogP contribution in [0.4, 0.5) is 0 Å². The van der Waals surface area contributed by atoms with Crippen LogP contribution in [0.2, 0.25) is 0 Å². The number of imidazole rings is 1. The quantitative estimate of drug-likeness (QED) is 0.540. The van der Waals surface area contributed by atoms with Gasteiger partial charge in [0.05, 0.1) is 18.1 Å². The van der Waals surface area contributed by atoms with Gasteiger partial charge in [-0.15, -0.1) is 0 Å². The van der Waals surface area contributed by atoms with Gasteiger partial charge in [0, 0.05) is 12.1 Å². The van der Waals surface area contributed by atoms with Crippen molar-refractivity contribution in [2.75, 3.05) is 0 Å². The summed E-state index contributed by atoms with van der Waals surface area (Å²) in [7, 11) is 0. The lowest BCUT2D eigenvalue weighted by Crippen LogP contribution is -2.18. The third-order valence-electron chi connectivity index (χ3n) is 1.96. The molecule has 0 saturated heterocycles. The Kier molecular flexibility index (Phi) is 1.24. The van der Waals surface area contributed by atoms with E-state index in [1.807, 2.05) is 0 Å². The Labute approximate surface area is 59.1 Å². The van der Waals surface area contributed by atoms with Gasteiger partial charge < -0.3 is 10.1 Å². The summed E-state index contributed by atoms with van der Waals surface area (Å²) in [4.78, 5) is 7.14. The van der Waals surface area contributed by atoms with Crippen molar-refractivity contribution in [3.63, 3.8) is 0 Å². The highest BCUT2D eigenvalue weighted by Gasteiger charge is 2.17. The molecule has 54 valence electrons. The summed E-state index contributed by atoms with van der Waals surface area (Å²) < 4.78 is 0. The standard InChI is InChI=1S/C7H10N2O/c10-5-1-2-6-7(3-5)9-4-8-6/h4-5,10H,1-3H2,(H,8,9)/t5-/m0/s1. The third-order valence-corrected chi connectivity index (χ3v) is 1.96. The van der Waals surface area contributed by atoms with E-state index in [-0.39, 0.29) is 6.10 Å². The van der Waals surface area contributed by atoms with Crippen LogP contribution in [0.3, 0.4) is 0 Å². The molecule has 0 bridgehead atoms. The second-order valence-corrected chi connectivity index (χ2v) is 2.72. The summed E-state index contributed by atoms with van der Waals surface area (Å²) in [5.74, 6) is 0. The molecule has 1 aromatic rings. The fourth-order valence-corrected chi connectivity index (χ4v) is 1.38. The summed E-state index contributed by atoms with van der Waals surface area (Å²) in [5, 5.41) is 9.23.